The van der Waals surface area contributed by atoms with Crippen molar-refractivity contribution >= 4 is 0 Å². The highest BCUT2D eigenvalue weighted by molar-refractivity contribution is 4.91. The summed E-state index contributed by atoms with van der Waals surface area (Å²) in [6.45, 7) is 9.38. The SMILES string of the molecule is C=CCNCCCC(C)(C)C#N. The van der Waals surface area contributed by atoms with Crippen LogP contribution in [-0.4, -0.2) is 13.1 Å². The van der Waals surface area contributed by atoms with E-state index < -0.39 is 0 Å². The van der Waals surface area contributed by atoms with E-state index in [-0.39, 0.29) is 5.41 Å². The maximum absolute atomic E-state index is 8.71. The van der Waals surface area contributed by atoms with E-state index in [9.17, 15) is 0 Å². The molecule has 0 aliphatic carbocycles. The average Bonchev–Trinajstić information content (AvgIpc) is 2.04. The molecule has 0 aromatic rings. The molecule has 0 saturated heterocycles. The Morgan fingerprint density at radius 1 is 1.58 bits per heavy atom. The molecule has 0 aromatic carbocycles. The summed E-state index contributed by atoms with van der Waals surface area (Å²) in [6.07, 6.45) is 3.84. The minimum Gasteiger partial charge on any atom is -0.313 e. The molecule has 1 N–H and O–H groups in total. The van der Waals surface area contributed by atoms with Crippen molar-refractivity contribution in [1.29, 1.82) is 5.26 Å². The lowest BCUT2D eigenvalue weighted by Crippen LogP contribution is -2.17. The van der Waals surface area contributed by atoms with E-state index in [1.54, 1.807) is 0 Å². The maximum Gasteiger partial charge on any atom is 0.0683 e. The lowest BCUT2D eigenvalue weighted by Gasteiger charge is -2.14. The average molecular weight is 166 g/mol. The van der Waals surface area contributed by atoms with Crippen molar-refractivity contribution in [2.45, 2.75) is 26.7 Å². The summed E-state index contributed by atoms with van der Waals surface area (Å²) in [5, 5.41) is 11.9. The second-order valence-corrected chi connectivity index (χ2v) is 3.59. The van der Waals surface area contributed by atoms with E-state index in [2.05, 4.69) is 18.0 Å². The fraction of sp³-hybridized carbons (Fsp3) is 0.700. The van der Waals surface area contributed by atoms with Gasteiger partial charge in [-0.2, -0.15) is 5.26 Å². The van der Waals surface area contributed by atoms with Gasteiger partial charge in [0.05, 0.1) is 11.5 Å². The smallest absolute Gasteiger partial charge is 0.0683 e. The number of rotatable bonds is 6. The van der Waals surface area contributed by atoms with Crippen molar-refractivity contribution in [3.63, 3.8) is 0 Å². The van der Waals surface area contributed by atoms with E-state index in [0.717, 1.165) is 25.9 Å². The molecule has 0 saturated carbocycles. The molecule has 0 spiro atoms. The van der Waals surface area contributed by atoms with Gasteiger partial charge < -0.3 is 5.32 Å². The van der Waals surface area contributed by atoms with E-state index in [4.69, 9.17) is 5.26 Å². The van der Waals surface area contributed by atoms with Crippen LogP contribution in [0.2, 0.25) is 0 Å². The Balaban J connectivity index is 3.32. The van der Waals surface area contributed by atoms with E-state index >= 15 is 0 Å². The van der Waals surface area contributed by atoms with Gasteiger partial charge in [-0.15, -0.1) is 6.58 Å². The zero-order valence-corrected chi connectivity index (χ0v) is 8.06. The molecule has 0 fully saturated rings. The van der Waals surface area contributed by atoms with Crippen molar-refractivity contribution in [2.75, 3.05) is 13.1 Å². The van der Waals surface area contributed by atoms with Crippen LogP contribution in [0, 0.1) is 16.7 Å². The highest BCUT2D eigenvalue weighted by atomic mass is 14.8. The number of nitrogens with one attached hydrogen (secondary N) is 1. The molecule has 0 unspecified atom stereocenters. The van der Waals surface area contributed by atoms with Crippen LogP contribution in [0.1, 0.15) is 26.7 Å². The second-order valence-electron chi connectivity index (χ2n) is 3.59. The summed E-state index contributed by atoms with van der Waals surface area (Å²) < 4.78 is 0. The Bertz CT molecular complexity index is 165. The standard InChI is InChI=1S/C10H18N2/c1-4-7-12-8-5-6-10(2,3)9-11/h4,12H,1,5-8H2,2-3H3. The van der Waals surface area contributed by atoms with E-state index in [0.29, 0.717) is 0 Å². The minimum atomic E-state index is -0.171. The quantitative estimate of drug-likeness (QED) is 0.484. The first-order chi connectivity index (χ1) is 5.62. The summed E-state index contributed by atoms with van der Waals surface area (Å²) in [6, 6.07) is 2.28. The lowest BCUT2D eigenvalue weighted by atomic mass is 9.90. The summed E-state index contributed by atoms with van der Waals surface area (Å²) in [7, 11) is 0. The van der Waals surface area contributed by atoms with Crippen LogP contribution < -0.4 is 5.32 Å². The number of nitrogens with zero attached hydrogens (tertiary/aromatic N) is 1. The summed E-state index contributed by atoms with van der Waals surface area (Å²) >= 11 is 0. The number of nitriles is 1. The molecule has 0 bridgehead atoms. The van der Waals surface area contributed by atoms with Gasteiger partial charge in [-0.3, -0.25) is 0 Å². The van der Waals surface area contributed by atoms with Gasteiger partial charge in [0, 0.05) is 6.54 Å². The fourth-order valence-electron chi connectivity index (χ4n) is 0.915. The molecule has 68 valence electrons. The Hall–Kier alpha value is -0.810. The van der Waals surface area contributed by atoms with Gasteiger partial charge in [-0.05, 0) is 33.2 Å². The summed E-state index contributed by atoms with van der Waals surface area (Å²) in [5.41, 5.74) is -0.171. The van der Waals surface area contributed by atoms with Crippen molar-refractivity contribution in [3.8, 4) is 6.07 Å². The van der Waals surface area contributed by atoms with Gasteiger partial charge in [0.15, 0.2) is 0 Å². The van der Waals surface area contributed by atoms with Crippen molar-refractivity contribution in [2.24, 2.45) is 5.41 Å². The van der Waals surface area contributed by atoms with Crippen molar-refractivity contribution in [1.82, 2.24) is 5.32 Å². The third-order valence-electron chi connectivity index (χ3n) is 1.75. The second kappa shape index (κ2) is 5.79. The molecule has 0 radical (unpaired) electrons. The molecule has 12 heavy (non-hydrogen) atoms. The van der Waals surface area contributed by atoms with E-state index in [1.807, 2.05) is 19.9 Å². The van der Waals surface area contributed by atoms with E-state index in [1.165, 1.54) is 0 Å². The first-order valence-corrected chi connectivity index (χ1v) is 4.35. The Kier molecular flexibility index (Phi) is 5.40. The number of hydrogen-bond donors (Lipinski definition) is 1. The maximum atomic E-state index is 8.71. The van der Waals surface area contributed by atoms with Gasteiger partial charge in [0.2, 0.25) is 0 Å². The molecule has 0 aliphatic heterocycles. The molecular weight excluding hydrogens is 148 g/mol. The summed E-state index contributed by atoms with van der Waals surface area (Å²) in [4.78, 5) is 0. The monoisotopic (exact) mass is 166 g/mol. The Morgan fingerprint density at radius 2 is 2.25 bits per heavy atom. The topological polar surface area (TPSA) is 35.8 Å². The Morgan fingerprint density at radius 3 is 2.75 bits per heavy atom. The van der Waals surface area contributed by atoms with Gasteiger partial charge in [-0.1, -0.05) is 6.08 Å². The molecule has 2 heteroatoms. The zero-order chi connectivity index (χ0) is 9.45. The molecule has 0 aliphatic rings. The lowest BCUT2D eigenvalue weighted by molar-refractivity contribution is 0.429. The highest BCUT2D eigenvalue weighted by Gasteiger charge is 2.14. The molecule has 2 nitrogen and oxygen atoms in total. The van der Waals surface area contributed by atoms with Crippen LogP contribution >= 0.6 is 0 Å². The third kappa shape index (κ3) is 5.94. The molecule has 0 rings (SSSR count). The van der Waals surface area contributed by atoms with Crippen LogP contribution in [0.4, 0.5) is 0 Å². The molecule has 0 heterocycles. The van der Waals surface area contributed by atoms with Gasteiger partial charge in [-0.25, -0.2) is 0 Å². The third-order valence-corrected chi connectivity index (χ3v) is 1.75. The zero-order valence-electron chi connectivity index (χ0n) is 8.06. The largest absolute Gasteiger partial charge is 0.313 e. The Labute approximate surface area is 75.3 Å². The van der Waals surface area contributed by atoms with Crippen LogP contribution in [0.5, 0.6) is 0 Å². The summed E-state index contributed by atoms with van der Waals surface area (Å²) in [5.74, 6) is 0. The first-order valence-electron chi connectivity index (χ1n) is 4.35. The predicted octanol–water partition coefficient (Wildman–Crippen LogP) is 2.09. The van der Waals surface area contributed by atoms with Gasteiger partial charge >= 0.3 is 0 Å². The first kappa shape index (κ1) is 11.2. The fourth-order valence-corrected chi connectivity index (χ4v) is 0.915. The van der Waals surface area contributed by atoms with Crippen molar-refractivity contribution in [3.05, 3.63) is 12.7 Å². The van der Waals surface area contributed by atoms with Crippen LogP contribution in [-0.2, 0) is 0 Å². The van der Waals surface area contributed by atoms with Crippen LogP contribution in [0.15, 0.2) is 12.7 Å². The van der Waals surface area contributed by atoms with Gasteiger partial charge in [0.25, 0.3) is 0 Å². The highest BCUT2D eigenvalue weighted by Crippen LogP contribution is 2.19. The minimum absolute atomic E-state index is 0.171. The van der Waals surface area contributed by atoms with Crippen LogP contribution in [0.25, 0.3) is 0 Å². The van der Waals surface area contributed by atoms with Crippen LogP contribution in [0.3, 0.4) is 0 Å². The van der Waals surface area contributed by atoms with Crippen molar-refractivity contribution < 1.29 is 0 Å². The molecule has 0 atom stereocenters. The molecule has 0 amide bonds. The molecular formula is C10H18N2. The van der Waals surface area contributed by atoms with Gasteiger partial charge in [0.1, 0.15) is 0 Å². The predicted molar refractivity (Wildman–Crippen MR) is 51.7 cm³/mol. The normalized spacial score (nSPS) is 10.8. The number of hydrogen-bond acceptors (Lipinski definition) is 2. The molecule has 0 aromatic heterocycles.